The standard InChI is InChI=1S/C16H15ClN4O/c1-10(2)15(22)19-16-18-14-8-4-7-13(21(14)20-16)11-5-3-6-12(17)9-11/h3-10H,1-2H3,(H,19,20,22). The number of fused-ring (bicyclic) bond motifs is 1. The SMILES string of the molecule is CC(C)C(=O)Nc1nc2cccc(-c3cccc(Cl)c3)n2n1. The highest BCUT2D eigenvalue weighted by Crippen LogP contribution is 2.23. The van der Waals surface area contributed by atoms with Crippen molar-refractivity contribution in [2.75, 3.05) is 5.32 Å². The minimum absolute atomic E-state index is 0.111. The minimum Gasteiger partial charge on any atom is -0.293 e. The molecular weight excluding hydrogens is 300 g/mol. The molecule has 0 fully saturated rings. The van der Waals surface area contributed by atoms with Crippen molar-refractivity contribution in [3.63, 3.8) is 0 Å². The quantitative estimate of drug-likeness (QED) is 0.803. The maximum atomic E-state index is 11.8. The van der Waals surface area contributed by atoms with E-state index < -0.39 is 0 Å². The predicted molar refractivity (Wildman–Crippen MR) is 86.9 cm³/mol. The maximum absolute atomic E-state index is 11.8. The molecule has 112 valence electrons. The molecule has 0 spiro atoms. The summed E-state index contributed by atoms with van der Waals surface area (Å²) in [6.45, 7) is 3.64. The summed E-state index contributed by atoms with van der Waals surface area (Å²) in [4.78, 5) is 16.1. The van der Waals surface area contributed by atoms with Gasteiger partial charge in [-0.25, -0.2) is 4.52 Å². The Kier molecular flexibility index (Phi) is 3.81. The number of carbonyl (C=O) groups excluding carboxylic acids is 1. The fraction of sp³-hybridized carbons (Fsp3) is 0.188. The highest BCUT2D eigenvalue weighted by Gasteiger charge is 2.13. The first-order valence-electron chi connectivity index (χ1n) is 6.97. The van der Waals surface area contributed by atoms with E-state index in [9.17, 15) is 4.79 Å². The lowest BCUT2D eigenvalue weighted by atomic mass is 10.1. The number of anilines is 1. The number of pyridine rings is 1. The molecule has 5 nitrogen and oxygen atoms in total. The second-order valence-electron chi connectivity index (χ2n) is 5.27. The monoisotopic (exact) mass is 314 g/mol. The van der Waals surface area contributed by atoms with Crippen LogP contribution in [-0.4, -0.2) is 20.5 Å². The van der Waals surface area contributed by atoms with Crippen molar-refractivity contribution < 1.29 is 4.79 Å². The molecule has 0 atom stereocenters. The van der Waals surface area contributed by atoms with Crippen LogP contribution in [0, 0.1) is 5.92 Å². The Bertz CT molecular complexity index is 841. The van der Waals surface area contributed by atoms with Gasteiger partial charge in [-0.1, -0.05) is 43.6 Å². The first-order chi connectivity index (χ1) is 10.5. The van der Waals surface area contributed by atoms with E-state index in [1.807, 2.05) is 56.3 Å². The summed E-state index contributed by atoms with van der Waals surface area (Å²) in [7, 11) is 0. The zero-order chi connectivity index (χ0) is 15.7. The number of benzene rings is 1. The summed E-state index contributed by atoms with van der Waals surface area (Å²) in [6, 6.07) is 13.2. The number of nitrogens with zero attached hydrogens (tertiary/aromatic N) is 3. The van der Waals surface area contributed by atoms with E-state index >= 15 is 0 Å². The second-order valence-corrected chi connectivity index (χ2v) is 5.71. The Labute approximate surface area is 132 Å². The van der Waals surface area contributed by atoms with E-state index in [1.165, 1.54) is 0 Å². The van der Waals surface area contributed by atoms with Crippen LogP contribution in [0.1, 0.15) is 13.8 Å². The summed E-state index contributed by atoms with van der Waals surface area (Å²) in [5.41, 5.74) is 2.46. The average Bonchev–Trinajstić information content (AvgIpc) is 2.89. The normalized spacial score (nSPS) is 11.1. The van der Waals surface area contributed by atoms with Gasteiger partial charge in [-0.05, 0) is 24.3 Å². The molecule has 0 aliphatic rings. The van der Waals surface area contributed by atoms with Crippen molar-refractivity contribution in [3.05, 3.63) is 47.5 Å². The molecule has 1 amide bonds. The second kappa shape index (κ2) is 5.77. The Hall–Kier alpha value is -2.40. The summed E-state index contributed by atoms with van der Waals surface area (Å²) in [5.74, 6) is 0.0624. The lowest BCUT2D eigenvalue weighted by molar-refractivity contribution is -0.118. The van der Waals surface area contributed by atoms with Crippen LogP contribution in [-0.2, 0) is 4.79 Å². The van der Waals surface area contributed by atoms with Gasteiger partial charge in [-0.3, -0.25) is 10.1 Å². The Morgan fingerprint density at radius 3 is 2.73 bits per heavy atom. The molecule has 1 N–H and O–H groups in total. The Morgan fingerprint density at radius 1 is 1.23 bits per heavy atom. The molecule has 0 unspecified atom stereocenters. The lowest BCUT2D eigenvalue weighted by Crippen LogP contribution is -2.18. The number of amides is 1. The van der Waals surface area contributed by atoms with Crippen LogP contribution in [0.4, 0.5) is 5.95 Å². The van der Waals surface area contributed by atoms with E-state index in [4.69, 9.17) is 11.6 Å². The number of aromatic nitrogens is 3. The zero-order valence-corrected chi connectivity index (χ0v) is 13.0. The van der Waals surface area contributed by atoms with Crippen molar-refractivity contribution in [2.45, 2.75) is 13.8 Å². The van der Waals surface area contributed by atoms with Crippen LogP contribution >= 0.6 is 11.6 Å². The van der Waals surface area contributed by atoms with Gasteiger partial charge in [0.05, 0.1) is 5.69 Å². The van der Waals surface area contributed by atoms with Crippen molar-refractivity contribution >= 4 is 29.1 Å². The van der Waals surface area contributed by atoms with Crippen LogP contribution in [0.25, 0.3) is 16.9 Å². The zero-order valence-electron chi connectivity index (χ0n) is 12.2. The highest BCUT2D eigenvalue weighted by molar-refractivity contribution is 6.30. The first-order valence-corrected chi connectivity index (χ1v) is 7.35. The van der Waals surface area contributed by atoms with Crippen molar-refractivity contribution in [2.24, 2.45) is 5.92 Å². The summed E-state index contributed by atoms with van der Waals surface area (Å²) in [6.07, 6.45) is 0. The van der Waals surface area contributed by atoms with Crippen molar-refractivity contribution in [1.82, 2.24) is 14.6 Å². The van der Waals surface area contributed by atoms with E-state index in [0.29, 0.717) is 16.6 Å². The number of hydrogen-bond donors (Lipinski definition) is 1. The van der Waals surface area contributed by atoms with Crippen LogP contribution in [0.5, 0.6) is 0 Å². The van der Waals surface area contributed by atoms with Crippen LogP contribution in [0.15, 0.2) is 42.5 Å². The first kappa shape index (κ1) is 14.5. The Balaban J connectivity index is 2.05. The third-order valence-electron chi connectivity index (χ3n) is 3.24. The number of carbonyl (C=O) groups is 1. The van der Waals surface area contributed by atoms with E-state index in [2.05, 4.69) is 15.4 Å². The van der Waals surface area contributed by atoms with Gasteiger partial charge in [0, 0.05) is 16.5 Å². The molecule has 1 aromatic carbocycles. The van der Waals surface area contributed by atoms with Gasteiger partial charge in [-0.2, -0.15) is 4.98 Å². The topological polar surface area (TPSA) is 59.3 Å². The molecule has 0 bridgehead atoms. The van der Waals surface area contributed by atoms with Gasteiger partial charge >= 0.3 is 0 Å². The van der Waals surface area contributed by atoms with Gasteiger partial charge in [-0.15, -0.1) is 5.10 Å². The molecule has 0 saturated carbocycles. The van der Waals surface area contributed by atoms with Gasteiger partial charge in [0.2, 0.25) is 11.9 Å². The number of rotatable bonds is 3. The van der Waals surface area contributed by atoms with Gasteiger partial charge in [0.1, 0.15) is 0 Å². The molecule has 0 radical (unpaired) electrons. The van der Waals surface area contributed by atoms with Crippen LogP contribution in [0.2, 0.25) is 5.02 Å². The predicted octanol–water partition coefficient (Wildman–Crippen LogP) is 3.64. The maximum Gasteiger partial charge on any atom is 0.249 e. The van der Waals surface area contributed by atoms with E-state index in [0.717, 1.165) is 11.3 Å². The fourth-order valence-electron chi connectivity index (χ4n) is 2.08. The molecule has 6 heteroatoms. The molecule has 0 aliphatic carbocycles. The van der Waals surface area contributed by atoms with E-state index in [1.54, 1.807) is 4.52 Å². The van der Waals surface area contributed by atoms with Gasteiger partial charge < -0.3 is 0 Å². The average molecular weight is 315 g/mol. The Morgan fingerprint density at radius 2 is 2.00 bits per heavy atom. The highest BCUT2D eigenvalue weighted by atomic mass is 35.5. The molecule has 0 saturated heterocycles. The molecule has 2 heterocycles. The molecule has 22 heavy (non-hydrogen) atoms. The molecular formula is C16H15ClN4O. The lowest BCUT2D eigenvalue weighted by Gasteiger charge is -2.04. The number of hydrogen-bond acceptors (Lipinski definition) is 3. The van der Waals surface area contributed by atoms with Gasteiger partial charge in [0.25, 0.3) is 0 Å². The molecule has 0 aliphatic heterocycles. The van der Waals surface area contributed by atoms with Crippen molar-refractivity contribution in [3.8, 4) is 11.3 Å². The number of halogens is 1. The summed E-state index contributed by atoms with van der Waals surface area (Å²) < 4.78 is 1.70. The summed E-state index contributed by atoms with van der Waals surface area (Å²) >= 11 is 6.05. The van der Waals surface area contributed by atoms with Crippen LogP contribution in [0.3, 0.4) is 0 Å². The molecule has 3 rings (SSSR count). The smallest absolute Gasteiger partial charge is 0.249 e. The fourth-order valence-corrected chi connectivity index (χ4v) is 2.27. The van der Waals surface area contributed by atoms with Gasteiger partial charge in [0.15, 0.2) is 5.65 Å². The molecule has 3 aromatic rings. The summed E-state index contributed by atoms with van der Waals surface area (Å²) in [5, 5.41) is 7.74. The van der Waals surface area contributed by atoms with E-state index in [-0.39, 0.29) is 11.8 Å². The van der Waals surface area contributed by atoms with Crippen LogP contribution < -0.4 is 5.32 Å². The largest absolute Gasteiger partial charge is 0.293 e. The number of nitrogens with one attached hydrogen (secondary N) is 1. The third kappa shape index (κ3) is 2.80. The van der Waals surface area contributed by atoms with Crippen molar-refractivity contribution in [1.29, 1.82) is 0 Å². The third-order valence-corrected chi connectivity index (χ3v) is 3.47. The molecule has 2 aromatic heterocycles. The minimum atomic E-state index is -0.126.